The van der Waals surface area contributed by atoms with Gasteiger partial charge >= 0.3 is 6.03 Å². The lowest BCUT2D eigenvalue weighted by atomic mass is 9.71. The fourth-order valence-electron chi connectivity index (χ4n) is 6.23. The number of aromatic nitrogens is 2. The molecule has 3 aliphatic heterocycles. The lowest BCUT2D eigenvalue weighted by molar-refractivity contribution is -0.120. The highest BCUT2D eigenvalue weighted by Gasteiger charge is 2.37. The summed E-state index contributed by atoms with van der Waals surface area (Å²) in [6, 6.07) is 10.8. The molecule has 6 rings (SSSR count). The van der Waals surface area contributed by atoms with Crippen LogP contribution in [0.3, 0.4) is 0 Å². The molecule has 2 saturated heterocycles. The number of benzene rings is 2. The minimum absolute atomic E-state index is 0.0195. The van der Waals surface area contributed by atoms with Gasteiger partial charge in [0.2, 0.25) is 0 Å². The van der Waals surface area contributed by atoms with Gasteiger partial charge < -0.3 is 24.8 Å². The number of amides is 2. The van der Waals surface area contributed by atoms with E-state index in [-0.39, 0.29) is 18.3 Å². The SMILES string of the molecule is CN1CCC2(CC1)CCN(c1ccc3c(c1)N(C)C(=O)C(NC(=O)n1cc(Cc4ccc(F)cc4)cn1)CO3)CC2. The van der Waals surface area contributed by atoms with Crippen molar-refractivity contribution >= 4 is 23.3 Å². The first-order chi connectivity index (χ1) is 19.8. The highest BCUT2D eigenvalue weighted by atomic mass is 19.1. The highest BCUT2D eigenvalue weighted by molar-refractivity contribution is 6.01. The molecule has 4 heterocycles. The summed E-state index contributed by atoms with van der Waals surface area (Å²) in [7, 11) is 3.93. The van der Waals surface area contributed by atoms with Gasteiger partial charge in [0.1, 0.15) is 24.2 Å². The Morgan fingerprint density at radius 1 is 1.02 bits per heavy atom. The molecule has 1 atom stereocenters. The Morgan fingerprint density at radius 2 is 1.73 bits per heavy atom. The van der Waals surface area contributed by atoms with E-state index in [2.05, 4.69) is 33.3 Å². The number of likely N-dealkylation sites (tertiary alicyclic amines) is 1. The van der Waals surface area contributed by atoms with Crippen molar-refractivity contribution in [2.24, 2.45) is 5.41 Å². The lowest BCUT2D eigenvalue weighted by Gasteiger charge is -2.47. The predicted octanol–water partition coefficient (Wildman–Crippen LogP) is 3.91. The van der Waals surface area contributed by atoms with E-state index in [1.807, 2.05) is 12.1 Å². The third-order valence-corrected chi connectivity index (χ3v) is 9.04. The van der Waals surface area contributed by atoms with Crippen LogP contribution in [-0.2, 0) is 11.2 Å². The quantitative estimate of drug-likeness (QED) is 0.521. The number of fused-ring (bicyclic) bond motifs is 1. The monoisotopic (exact) mass is 560 g/mol. The molecule has 0 radical (unpaired) electrons. The number of nitrogens with zero attached hydrogens (tertiary/aromatic N) is 5. The number of piperidine rings is 2. The van der Waals surface area contributed by atoms with Crippen molar-refractivity contribution in [3.05, 3.63) is 71.8 Å². The maximum Gasteiger partial charge on any atom is 0.342 e. The predicted molar refractivity (Wildman–Crippen MR) is 155 cm³/mol. The minimum Gasteiger partial charge on any atom is -0.489 e. The molecule has 0 saturated carbocycles. The Kier molecular flexibility index (Phi) is 7.42. The Bertz CT molecular complexity index is 1410. The molecule has 3 aliphatic rings. The first kappa shape index (κ1) is 27.3. The number of ether oxygens (including phenoxy) is 1. The smallest absolute Gasteiger partial charge is 0.342 e. The molecular weight excluding hydrogens is 523 g/mol. The normalized spacial score (nSPS) is 20.9. The second-order valence-electron chi connectivity index (χ2n) is 11.7. The van der Waals surface area contributed by atoms with Crippen LogP contribution in [0.1, 0.15) is 36.8 Å². The first-order valence-corrected chi connectivity index (χ1v) is 14.4. The maximum atomic E-state index is 13.4. The van der Waals surface area contributed by atoms with Crippen molar-refractivity contribution in [3.63, 3.8) is 0 Å². The number of rotatable bonds is 4. The number of likely N-dealkylation sites (N-methyl/N-ethyl adjacent to an activating group) is 1. The summed E-state index contributed by atoms with van der Waals surface area (Å²) in [6.45, 7) is 4.39. The lowest BCUT2D eigenvalue weighted by Crippen LogP contribution is -2.50. The molecule has 1 spiro atoms. The van der Waals surface area contributed by atoms with E-state index < -0.39 is 12.1 Å². The Hall–Kier alpha value is -3.92. The van der Waals surface area contributed by atoms with Crippen LogP contribution in [0, 0.1) is 11.2 Å². The van der Waals surface area contributed by atoms with Crippen molar-refractivity contribution < 1.29 is 18.7 Å². The summed E-state index contributed by atoms with van der Waals surface area (Å²) in [6.07, 6.45) is 8.63. The van der Waals surface area contributed by atoms with Gasteiger partial charge in [-0.3, -0.25) is 4.79 Å². The summed E-state index contributed by atoms with van der Waals surface area (Å²) < 4.78 is 20.4. The molecule has 1 unspecified atom stereocenters. The van der Waals surface area contributed by atoms with Crippen molar-refractivity contribution in [1.82, 2.24) is 20.0 Å². The zero-order chi connectivity index (χ0) is 28.6. The fourth-order valence-corrected chi connectivity index (χ4v) is 6.23. The standard InChI is InChI=1S/C31H37FN6O3/c1-35-13-9-31(10-14-35)11-15-37(16-12-31)25-7-8-28-27(18-25)36(2)29(39)26(21-41-28)34-30(40)38-20-23(19-33-38)17-22-3-5-24(32)6-4-22/h3-8,18-20,26H,9-17,21H2,1-2H3,(H,34,40). The van der Waals surface area contributed by atoms with Crippen molar-refractivity contribution in [2.75, 3.05) is 56.7 Å². The van der Waals surface area contributed by atoms with E-state index in [4.69, 9.17) is 4.74 Å². The largest absolute Gasteiger partial charge is 0.489 e. The van der Waals surface area contributed by atoms with Crippen molar-refractivity contribution in [3.8, 4) is 5.75 Å². The van der Waals surface area contributed by atoms with E-state index in [0.717, 1.165) is 29.9 Å². The van der Waals surface area contributed by atoms with Crippen LogP contribution in [0.4, 0.5) is 20.6 Å². The average Bonchev–Trinajstić information content (AvgIpc) is 3.42. The Morgan fingerprint density at radius 3 is 2.46 bits per heavy atom. The molecule has 2 aromatic carbocycles. The van der Waals surface area contributed by atoms with Gasteiger partial charge in [0.15, 0.2) is 0 Å². The number of hydrogen-bond donors (Lipinski definition) is 1. The number of carbonyl (C=O) groups excluding carboxylic acids is 2. The van der Waals surface area contributed by atoms with E-state index >= 15 is 0 Å². The topological polar surface area (TPSA) is 82.9 Å². The zero-order valence-corrected chi connectivity index (χ0v) is 23.7. The number of hydrogen-bond acceptors (Lipinski definition) is 6. The molecule has 3 aromatic rings. The molecule has 216 valence electrons. The molecule has 2 fully saturated rings. The van der Waals surface area contributed by atoms with E-state index in [1.54, 1.807) is 36.5 Å². The number of nitrogens with one attached hydrogen (secondary N) is 1. The molecule has 2 amide bonds. The Labute approximate surface area is 239 Å². The molecule has 1 aromatic heterocycles. The summed E-state index contributed by atoms with van der Waals surface area (Å²) in [5.41, 5.74) is 3.95. The van der Waals surface area contributed by atoms with Crippen molar-refractivity contribution in [2.45, 2.75) is 38.1 Å². The molecular formula is C31H37FN6O3. The molecule has 10 heteroatoms. The molecule has 0 aliphatic carbocycles. The number of anilines is 2. The van der Waals surface area contributed by atoms with Gasteiger partial charge in [0.05, 0.1) is 11.9 Å². The first-order valence-electron chi connectivity index (χ1n) is 14.4. The molecule has 1 N–H and O–H groups in total. The van der Waals surface area contributed by atoms with Gasteiger partial charge in [-0.05, 0) is 92.7 Å². The highest BCUT2D eigenvalue weighted by Crippen LogP contribution is 2.43. The zero-order valence-electron chi connectivity index (χ0n) is 23.7. The van der Waals surface area contributed by atoms with E-state index in [1.165, 1.54) is 55.6 Å². The molecule has 41 heavy (non-hydrogen) atoms. The van der Waals surface area contributed by atoms with Crippen LogP contribution in [0.15, 0.2) is 54.9 Å². The van der Waals surface area contributed by atoms with Gasteiger partial charge in [-0.15, -0.1) is 0 Å². The minimum atomic E-state index is -0.868. The molecule has 9 nitrogen and oxygen atoms in total. The van der Waals surface area contributed by atoms with Gasteiger partial charge in [0, 0.05) is 38.4 Å². The van der Waals surface area contributed by atoms with Crippen LogP contribution >= 0.6 is 0 Å². The average molecular weight is 561 g/mol. The van der Waals surface area contributed by atoms with Crippen molar-refractivity contribution in [1.29, 1.82) is 0 Å². The second kappa shape index (κ2) is 11.2. The third-order valence-electron chi connectivity index (χ3n) is 9.04. The van der Waals surface area contributed by atoms with Crippen LogP contribution in [-0.4, -0.2) is 79.5 Å². The van der Waals surface area contributed by atoms with Gasteiger partial charge in [-0.1, -0.05) is 12.1 Å². The third kappa shape index (κ3) is 5.79. The van der Waals surface area contributed by atoms with E-state index in [9.17, 15) is 14.0 Å². The summed E-state index contributed by atoms with van der Waals surface area (Å²) in [5, 5.41) is 6.93. The van der Waals surface area contributed by atoms with E-state index in [0.29, 0.717) is 23.3 Å². The maximum absolute atomic E-state index is 13.4. The summed E-state index contributed by atoms with van der Waals surface area (Å²) in [5.74, 6) is 0.0672. The van der Waals surface area contributed by atoms with Crippen LogP contribution in [0.25, 0.3) is 0 Å². The number of carbonyl (C=O) groups is 2. The fraction of sp³-hybridized carbons (Fsp3) is 0.452. The summed E-state index contributed by atoms with van der Waals surface area (Å²) in [4.78, 5) is 32.8. The van der Waals surface area contributed by atoms with Crippen LogP contribution in [0.5, 0.6) is 5.75 Å². The van der Waals surface area contributed by atoms with Gasteiger partial charge in [-0.25, -0.2) is 9.18 Å². The van der Waals surface area contributed by atoms with Gasteiger partial charge in [-0.2, -0.15) is 9.78 Å². The van der Waals surface area contributed by atoms with Crippen LogP contribution < -0.4 is 19.9 Å². The Balaban J connectivity index is 1.09. The summed E-state index contributed by atoms with van der Waals surface area (Å²) >= 11 is 0. The second-order valence-corrected chi connectivity index (χ2v) is 11.7. The van der Waals surface area contributed by atoms with Crippen LogP contribution in [0.2, 0.25) is 0 Å². The van der Waals surface area contributed by atoms with Gasteiger partial charge in [0.25, 0.3) is 5.91 Å². The molecule has 0 bridgehead atoms. The number of halogens is 1.